The van der Waals surface area contributed by atoms with Crippen LogP contribution in [0.25, 0.3) is 0 Å². The van der Waals surface area contributed by atoms with Gasteiger partial charge in [-0.25, -0.2) is 0 Å². The van der Waals surface area contributed by atoms with Gasteiger partial charge in [-0.15, -0.1) is 0 Å². The molecule has 1 fully saturated rings. The zero-order valence-electron chi connectivity index (χ0n) is 13.5. The summed E-state index contributed by atoms with van der Waals surface area (Å²) in [5.74, 6) is 1.10. The van der Waals surface area contributed by atoms with Crippen LogP contribution in [0.5, 0.6) is 0 Å². The second-order valence-corrected chi connectivity index (χ2v) is 6.17. The fourth-order valence-electron chi connectivity index (χ4n) is 3.17. The van der Waals surface area contributed by atoms with E-state index in [1.807, 2.05) is 4.90 Å². The Morgan fingerprint density at radius 3 is 2.48 bits per heavy atom. The number of ether oxygens (including phenoxy) is 1. The van der Waals surface area contributed by atoms with E-state index < -0.39 is 0 Å². The Hall–Kier alpha value is -2.07. The topological polar surface area (TPSA) is 42.7 Å². The highest BCUT2D eigenvalue weighted by molar-refractivity contribution is 5.91. The van der Waals surface area contributed by atoms with Crippen molar-refractivity contribution >= 4 is 5.91 Å². The molecule has 1 aromatic heterocycles. The number of rotatable bonds is 5. The van der Waals surface area contributed by atoms with Crippen LogP contribution >= 0.6 is 0 Å². The van der Waals surface area contributed by atoms with E-state index in [9.17, 15) is 4.79 Å². The summed E-state index contributed by atoms with van der Waals surface area (Å²) in [7, 11) is 1.71. The molecule has 0 atom stereocenters. The highest BCUT2D eigenvalue weighted by Crippen LogP contribution is 2.23. The number of nitrogens with zero attached hydrogens (tertiary/aromatic N) is 1. The van der Waals surface area contributed by atoms with Gasteiger partial charge in [0.05, 0.1) is 12.9 Å². The molecule has 1 aliphatic rings. The number of methoxy groups -OCH3 is 1. The minimum atomic E-state index is 0.0115. The fraction of sp³-hybridized carbons (Fsp3) is 0.421. The second kappa shape index (κ2) is 7.47. The Bertz CT molecular complexity index is 611. The van der Waals surface area contributed by atoms with Crippen LogP contribution in [0.15, 0.2) is 47.1 Å². The normalized spacial score (nSPS) is 15.8. The summed E-state index contributed by atoms with van der Waals surface area (Å²) in [5, 5.41) is 0. The van der Waals surface area contributed by atoms with E-state index >= 15 is 0 Å². The first kappa shape index (κ1) is 15.8. The predicted molar refractivity (Wildman–Crippen MR) is 88.2 cm³/mol. The summed E-state index contributed by atoms with van der Waals surface area (Å²) >= 11 is 0. The van der Waals surface area contributed by atoms with Crippen LogP contribution in [-0.2, 0) is 17.8 Å². The predicted octanol–water partition coefficient (Wildman–Crippen LogP) is 3.52. The van der Waals surface area contributed by atoms with E-state index in [-0.39, 0.29) is 5.91 Å². The lowest BCUT2D eigenvalue weighted by Crippen LogP contribution is -2.38. The van der Waals surface area contributed by atoms with Crippen LogP contribution in [0.2, 0.25) is 0 Å². The Kier molecular flexibility index (Phi) is 5.13. The maximum absolute atomic E-state index is 12.2. The average molecular weight is 313 g/mol. The molecule has 0 unspecified atom stereocenters. The van der Waals surface area contributed by atoms with Gasteiger partial charge in [0, 0.05) is 20.2 Å². The van der Waals surface area contributed by atoms with Crippen molar-refractivity contribution in [2.45, 2.75) is 25.9 Å². The van der Waals surface area contributed by atoms with Crippen molar-refractivity contribution in [1.29, 1.82) is 0 Å². The largest absolute Gasteiger partial charge is 0.459 e. The Morgan fingerprint density at radius 1 is 1.17 bits per heavy atom. The zero-order valence-corrected chi connectivity index (χ0v) is 13.5. The lowest BCUT2D eigenvalue weighted by Gasteiger charge is -2.31. The number of carbonyl (C=O) groups is 1. The number of hydrogen-bond acceptors (Lipinski definition) is 3. The van der Waals surface area contributed by atoms with Crippen LogP contribution in [0, 0.1) is 5.92 Å². The molecule has 0 saturated carbocycles. The van der Waals surface area contributed by atoms with Crippen molar-refractivity contribution in [2.75, 3.05) is 20.2 Å². The van der Waals surface area contributed by atoms with E-state index in [2.05, 4.69) is 24.3 Å². The van der Waals surface area contributed by atoms with E-state index in [1.165, 1.54) is 11.1 Å². The molecule has 4 nitrogen and oxygen atoms in total. The number of carbonyl (C=O) groups excluding carboxylic acids is 1. The lowest BCUT2D eigenvalue weighted by molar-refractivity contribution is 0.0658. The van der Waals surface area contributed by atoms with Gasteiger partial charge in [0.15, 0.2) is 5.76 Å². The van der Waals surface area contributed by atoms with Gasteiger partial charge in [-0.1, -0.05) is 24.3 Å². The van der Waals surface area contributed by atoms with E-state index in [4.69, 9.17) is 9.15 Å². The number of piperidine rings is 1. The Labute approximate surface area is 137 Å². The molecule has 3 rings (SSSR count). The molecule has 2 heterocycles. The number of furan rings is 1. The molecule has 0 aliphatic carbocycles. The molecule has 1 saturated heterocycles. The van der Waals surface area contributed by atoms with Crippen molar-refractivity contribution in [3.63, 3.8) is 0 Å². The smallest absolute Gasteiger partial charge is 0.289 e. The molecule has 0 N–H and O–H groups in total. The second-order valence-electron chi connectivity index (χ2n) is 6.17. The third-order valence-corrected chi connectivity index (χ3v) is 4.49. The Balaban J connectivity index is 1.50. The van der Waals surface area contributed by atoms with Crippen LogP contribution in [0.4, 0.5) is 0 Å². The molecule has 0 bridgehead atoms. The van der Waals surface area contributed by atoms with E-state index in [0.29, 0.717) is 18.3 Å². The summed E-state index contributed by atoms with van der Waals surface area (Å²) in [6, 6.07) is 12.1. The fourth-order valence-corrected chi connectivity index (χ4v) is 3.17. The monoisotopic (exact) mass is 313 g/mol. The number of benzene rings is 1. The van der Waals surface area contributed by atoms with Crippen molar-refractivity contribution < 1.29 is 13.9 Å². The first-order valence-corrected chi connectivity index (χ1v) is 8.16. The maximum atomic E-state index is 12.2. The molecule has 0 radical (unpaired) electrons. The quantitative estimate of drug-likeness (QED) is 0.848. The third kappa shape index (κ3) is 4.02. The molecule has 2 aromatic rings. The van der Waals surface area contributed by atoms with Crippen molar-refractivity contribution in [3.8, 4) is 0 Å². The van der Waals surface area contributed by atoms with Gasteiger partial charge in [0.25, 0.3) is 5.91 Å². The van der Waals surface area contributed by atoms with Gasteiger partial charge in [0.1, 0.15) is 0 Å². The van der Waals surface area contributed by atoms with E-state index in [1.54, 1.807) is 25.5 Å². The average Bonchev–Trinajstić information content (AvgIpc) is 3.11. The standard InChI is InChI=1S/C19H23NO3/c1-22-14-17-6-4-15(5-7-17)13-16-8-10-20(11-9-16)19(21)18-3-2-12-23-18/h2-7,12,16H,8-11,13-14H2,1H3. The molecule has 23 heavy (non-hydrogen) atoms. The zero-order chi connectivity index (χ0) is 16.1. The van der Waals surface area contributed by atoms with E-state index in [0.717, 1.165) is 32.4 Å². The van der Waals surface area contributed by atoms with Crippen molar-refractivity contribution in [1.82, 2.24) is 4.90 Å². The third-order valence-electron chi connectivity index (χ3n) is 4.49. The number of hydrogen-bond donors (Lipinski definition) is 0. The molecule has 122 valence electrons. The van der Waals surface area contributed by atoms with Crippen LogP contribution in [-0.4, -0.2) is 31.0 Å². The summed E-state index contributed by atoms with van der Waals surface area (Å²) in [5.41, 5.74) is 2.57. The lowest BCUT2D eigenvalue weighted by atomic mass is 9.90. The van der Waals surface area contributed by atoms with Gasteiger partial charge in [-0.2, -0.15) is 0 Å². The molecule has 0 spiro atoms. The summed E-state index contributed by atoms with van der Waals surface area (Å²) in [6.45, 7) is 2.28. The number of amides is 1. The highest BCUT2D eigenvalue weighted by atomic mass is 16.5. The Morgan fingerprint density at radius 2 is 1.87 bits per heavy atom. The molecule has 4 heteroatoms. The van der Waals surface area contributed by atoms with Gasteiger partial charge >= 0.3 is 0 Å². The summed E-state index contributed by atoms with van der Waals surface area (Å²) in [6.07, 6.45) is 4.72. The SMILES string of the molecule is COCc1ccc(CC2CCN(C(=O)c3ccco3)CC2)cc1. The summed E-state index contributed by atoms with van der Waals surface area (Å²) in [4.78, 5) is 14.1. The number of likely N-dealkylation sites (tertiary alicyclic amines) is 1. The van der Waals surface area contributed by atoms with Gasteiger partial charge in [-0.3, -0.25) is 4.79 Å². The highest BCUT2D eigenvalue weighted by Gasteiger charge is 2.24. The molecule has 1 aromatic carbocycles. The van der Waals surface area contributed by atoms with Gasteiger partial charge < -0.3 is 14.1 Å². The van der Waals surface area contributed by atoms with Crippen LogP contribution in [0.1, 0.15) is 34.5 Å². The minimum Gasteiger partial charge on any atom is -0.459 e. The van der Waals surface area contributed by atoms with Crippen molar-refractivity contribution in [3.05, 3.63) is 59.5 Å². The molecular formula is C19H23NO3. The molecule has 1 aliphatic heterocycles. The van der Waals surface area contributed by atoms with Gasteiger partial charge in [0.2, 0.25) is 0 Å². The van der Waals surface area contributed by atoms with Crippen LogP contribution in [0.3, 0.4) is 0 Å². The first-order valence-electron chi connectivity index (χ1n) is 8.16. The summed E-state index contributed by atoms with van der Waals surface area (Å²) < 4.78 is 10.3. The molecular weight excluding hydrogens is 290 g/mol. The van der Waals surface area contributed by atoms with Crippen molar-refractivity contribution in [2.24, 2.45) is 5.92 Å². The first-order chi connectivity index (χ1) is 11.3. The minimum absolute atomic E-state index is 0.0115. The maximum Gasteiger partial charge on any atom is 0.289 e. The van der Waals surface area contributed by atoms with Crippen LogP contribution < -0.4 is 0 Å². The molecule has 1 amide bonds. The van der Waals surface area contributed by atoms with Gasteiger partial charge in [-0.05, 0) is 48.4 Å².